The summed E-state index contributed by atoms with van der Waals surface area (Å²) >= 11 is 0. The second-order valence-corrected chi connectivity index (χ2v) is 10.5. The Morgan fingerprint density at radius 1 is 0.875 bits per heavy atom. The fourth-order valence-corrected chi connectivity index (χ4v) is 8.10. The summed E-state index contributed by atoms with van der Waals surface area (Å²) in [5.74, 6) is 0. The van der Waals surface area contributed by atoms with Crippen molar-refractivity contribution in [2.75, 3.05) is 32.4 Å². The molecule has 0 aromatic heterocycles. The molecule has 0 saturated carbocycles. The third-order valence-electron chi connectivity index (χ3n) is 3.46. The van der Waals surface area contributed by atoms with Gasteiger partial charge in [-0.2, -0.15) is 0 Å². The third-order valence-corrected chi connectivity index (χ3v) is 9.76. The molecule has 16 heavy (non-hydrogen) atoms. The summed E-state index contributed by atoms with van der Waals surface area (Å²) in [5, 5.41) is 0. The average Bonchev–Trinajstić information content (AvgIpc) is 2.82. The standard InChI is InChI=1S/C10H21N2O2PS/c1-16(14)15(13,12-9-5-6-10-12)11-7-3-2-4-8-11/h2-10H2,1H3/t15?,16-/m1/s1. The lowest BCUT2D eigenvalue weighted by Crippen LogP contribution is -2.35. The van der Waals surface area contributed by atoms with Crippen molar-refractivity contribution >= 4 is 17.1 Å². The monoisotopic (exact) mass is 264 g/mol. The molecule has 1 unspecified atom stereocenters. The van der Waals surface area contributed by atoms with E-state index >= 15 is 0 Å². The summed E-state index contributed by atoms with van der Waals surface area (Å²) < 4.78 is 28.9. The van der Waals surface area contributed by atoms with E-state index in [1.807, 2.05) is 9.34 Å². The maximum Gasteiger partial charge on any atom is 0.300 e. The Morgan fingerprint density at radius 2 is 1.25 bits per heavy atom. The van der Waals surface area contributed by atoms with Crippen LogP contribution in [0.3, 0.4) is 0 Å². The highest BCUT2D eigenvalue weighted by Crippen LogP contribution is 2.58. The highest BCUT2D eigenvalue weighted by Gasteiger charge is 2.42. The van der Waals surface area contributed by atoms with Crippen molar-refractivity contribution in [3.05, 3.63) is 0 Å². The zero-order valence-electron chi connectivity index (χ0n) is 9.93. The van der Waals surface area contributed by atoms with Crippen LogP contribution in [0.15, 0.2) is 0 Å². The topological polar surface area (TPSA) is 40.6 Å². The smallest absolute Gasteiger partial charge is 0.274 e. The molecule has 2 saturated heterocycles. The highest BCUT2D eigenvalue weighted by atomic mass is 32.8. The molecule has 4 nitrogen and oxygen atoms in total. The Hall–Kier alpha value is 0.300. The van der Waals surface area contributed by atoms with E-state index in [1.165, 1.54) is 6.42 Å². The molecule has 2 rings (SSSR count). The van der Waals surface area contributed by atoms with E-state index in [9.17, 15) is 8.77 Å². The number of nitrogens with zero attached hydrogens (tertiary/aromatic N) is 2. The normalized spacial score (nSPS) is 30.1. The van der Waals surface area contributed by atoms with Crippen molar-refractivity contribution in [3.8, 4) is 0 Å². The predicted molar refractivity (Wildman–Crippen MR) is 67.9 cm³/mol. The van der Waals surface area contributed by atoms with Gasteiger partial charge in [0, 0.05) is 32.4 Å². The lowest BCUT2D eigenvalue weighted by atomic mass is 10.2. The molecule has 0 spiro atoms. The Balaban J connectivity index is 2.19. The van der Waals surface area contributed by atoms with Crippen LogP contribution in [0.5, 0.6) is 0 Å². The Labute approximate surface area is 100 Å². The Kier molecular flexibility index (Phi) is 4.22. The number of hydrogen-bond donors (Lipinski definition) is 0. The van der Waals surface area contributed by atoms with Crippen molar-refractivity contribution < 1.29 is 8.77 Å². The molecule has 0 aromatic rings. The van der Waals surface area contributed by atoms with Crippen LogP contribution in [0.4, 0.5) is 0 Å². The minimum absolute atomic E-state index is 0.855. The number of hydrogen-bond acceptors (Lipinski definition) is 2. The molecule has 0 N–H and O–H groups in total. The molecule has 2 fully saturated rings. The van der Waals surface area contributed by atoms with Gasteiger partial charge >= 0.3 is 6.65 Å². The van der Waals surface area contributed by atoms with Crippen LogP contribution in [-0.4, -0.2) is 46.0 Å². The first kappa shape index (κ1) is 12.7. The van der Waals surface area contributed by atoms with E-state index in [2.05, 4.69) is 0 Å². The zero-order chi connectivity index (χ0) is 11.6. The van der Waals surface area contributed by atoms with Crippen LogP contribution in [0.2, 0.25) is 0 Å². The predicted octanol–water partition coefficient (Wildman–Crippen LogP) is 2.05. The van der Waals surface area contributed by atoms with Crippen molar-refractivity contribution in [2.45, 2.75) is 32.1 Å². The molecule has 0 amide bonds. The van der Waals surface area contributed by atoms with Gasteiger partial charge in [-0.05, 0) is 25.7 Å². The van der Waals surface area contributed by atoms with Crippen LogP contribution in [0.25, 0.3) is 0 Å². The van der Waals surface area contributed by atoms with Crippen LogP contribution in [-0.2, 0) is 15.0 Å². The summed E-state index contributed by atoms with van der Waals surface area (Å²) in [6.45, 7) is 0.643. The SMILES string of the molecule is C[S@](=O)P(=O)(N1CCCCC1)N1CCCC1. The molecule has 2 atom stereocenters. The molecular weight excluding hydrogens is 243 g/mol. The minimum Gasteiger partial charge on any atom is -0.274 e. The van der Waals surface area contributed by atoms with Crippen LogP contribution >= 0.6 is 6.65 Å². The molecule has 0 aliphatic carbocycles. The largest absolute Gasteiger partial charge is 0.300 e. The van der Waals surface area contributed by atoms with E-state index in [4.69, 9.17) is 0 Å². The zero-order valence-corrected chi connectivity index (χ0v) is 11.6. The Bertz CT molecular complexity index is 312. The second kappa shape index (κ2) is 5.30. The molecule has 94 valence electrons. The lowest BCUT2D eigenvalue weighted by Gasteiger charge is -2.37. The first-order valence-corrected chi connectivity index (χ1v) is 9.88. The Morgan fingerprint density at radius 3 is 1.62 bits per heavy atom. The fraction of sp³-hybridized carbons (Fsp3) is 1.00. The minimum atomic E-state index is -2.78. The first-order chi connectivity index (χ1) is 7.65. The van der Waals surface area contributed by atoms with Gasteiger partial charge in [0.05, 0.1) is 0 Å². The van der Waals surface area contributed by atoms with Gasteiger partial charge in [0.2, 0.25) is 0 Å². The fourth-order valence-electron chi connectivity index (χ4n) is 2.59. The van der Waals surface area contributed by atoms with E-state index in [1.54, 1.807) is 6.26 Å². The maximum absolute atomic E-state index is 13.0. The summed E-state index contributed by atoms with van der Waals surface area (Å²) in [6.07, 6.45) is 7.19. The maximum atomic E-state index is 13.0. The summed E-state index contributed by atoms with van der Waals surface area (Å²) in [6, 6.07) is 0. The van der Waals surface area contributed by atoms with E-state index in [0.29, 0.717) is 0 Å². The van der Waals surface area contributed by atoms with Crippen molar-refractivity contribution in [3.63, 3.8) is 0 Å². The van der Waals surface area contributed by atoms with E-state index in [0.717, 1.165) is 51.9 Å². The van der Waals surface area contributed by atoms with Gasteiger partial charge in [0.15, 0.2) is 0 Å². The molecule has 2 aliphatic rings. The van der Waals surface area contributed by atoms with E-state index in [-0.39, 0.29) is 0 Å². The van der Waals surface area contributed by atoms with Crippen molar-refractivity contribution in [1.82, 2.24) is 9.34 Å². The number of piperidine rings is 1. The molecule has 2 aliphatic heterocycles. The number of rotatable bonds is 3. The van der Waals surface area contributed by atoms with Crippen LogP contribution in [0, 0.1) is 0 Å². The van der Waals surface area contributed by atoms with Gasteiger partial charge in [0.1, 0.15) is 10.4 Å². The quantitative estimate of drug-likeness (QED) is 0.732. The first-order valence-electron chi connectivity index (χ1n) is 6.10. The summed E-state index contributed by atoms with van der Waals surface area (Å²) in [7, 11) is -1.25. The second-order valence-electron chi connectivity index (χ2n) is 4.59. The molecule has 2 heterocycles. The third kappa shape index (κ3) is 2.28. The van der Waals surface area contributed by atoms with E-state index < -0.39 is 17.1 Å². The van der Waals surface area contributed by atoms with Crippen molar-refractivity contribution in [1.29, 1.82) is 0 Å². The van der Waals surface area contributed by atoms with Crippen LogP contribution < -0.4 is 0 Å². The summed E-state index contributed by atoms with van der Waals surface area (Å²) in [5.41, 5.74) is 0. The highest BCUT2D eigenvalue weighted by molar-refractivity contribution is 8.47. The molecular formula is C10H21N2O2PS. The molecule has 0 aromatic carbocycles. The average molecular weight is 264 g/mol. The lowest BCUT2D eigenvalue weighted by molar-refractivity contribution is 0.321. The van der Waals surface area contributed by atoms with Gasteiger partial charge in [-0.25, -0.2) is 13.5 Å². The summed E-state index contributed by atoms with van der Waals surface area (Å²) in [4.78, 5) is 0. The van der Waals surface area contributed by atoms with Gasteiger partial charge in [-0.1, -0.05) is 6.42 Å². The van der Waals surface area contributed by atoms with Crippen molar-refractivity contribution in [2.24, 2.45) is 0 Å². The van der Waals surface area contributed by atoms with Gasteiger partial charge in [-0.3, -0.25) is 4.57 Å². The molecule has 6 heteroatoms. The van der Waals surface area contributed by atoms with Gasteiger partial charge in [-0.15, -0.1) is 0 Å². The molecule has 0 radical (unpaired) electrons. The molecule has 0 bridgehead atoms. The van der Waals surface area contributed by atoms with Crippen LogP contribution in [0.1, 0.15) is 32.1 Å². The van der Waals surface area contributed by atoms with Gasteiger partial charge < -0.3 is 0 Å². The van der Waals surface area contributed by atoms with Gasteiger partial charge in [0.25, 0.3) is 0 Å².